The molecule has 0 unspecified atom stereocenters. The molecule has 0 radical (unpaired) electrons. The van der Waals surface area contributed by atoms with Gasteiger partial charge in [-0.1, -0.05) is 6.92 Å². The van der Waals surface area contributed by atoms with Crippen LogP contribution in [0.15, 0.2) is 18.5 Å². The molecule has 0 aliphatic carbocycles. The molecule has 1 saturated heterocycles. The minimum absolute atomic E-state index is 0.210. The molecule has 0 aromatic carbocycles. The summed E-state index contributed by atoms with van der Waals surface area (Å²) in [4.78, 5) is 21.5. The highest BCUT2D eigenvalue weighted by atomic mass is 31.2. The van der Waals surface area contributed by atoms with E-state index in [2.05, 4.69) is 14.6 Å². The van der Waals surface area contributed by atoms with Gasteiger partial charge in [0.1, 0.15) is 24.0 Å². The third-order valence-corrected chi connectivity index (χ3v) is 4.79. The van der Waals surface area contributed by atoms with Crippen molar-refractivity contribution in [2.45, 2.75) is 24.7 Å². The Kier molecular flexibility index (Phi) is 4.28. The van der Waals surface area contributed by atoms with Gasteiger partial charge in [-0.3, -0.25) is 4.52 Å². The molecule has 3 rings (SSSR count). The highest BCUT2D eigenvalue weighted by molar-refractivity contribution is 7.46. The van der Waals surface area contributed by atoms with E-state index in [1.807, 2.05) is 6.07 Å². The Hall–Kier alpha value is -2.06. The van der Waals surface area contributed by atoms with Crippen molar-refractivity contribution in [3.63, 3.8) is 0 Å². The van der Waals surface area contributed by atoms with Gasteiger partial charge in [-0.25, -0.2) is 14.1 Å². The molecule has 1 fully saturated rings. The van der Waals surface area contributed by atoms with Crippen LogP contribution < -0.4 is 5.73 Å². The molecule has 11 nitrogen and oxygen atoms in total. The number of ether oxygens (including phenoxy) is 1. The van der Waals surface area contributed by atoms with Crippen LogP contribution in [0, 0.1) is 17.2 Å². The van der Waals surface area contributed by atoms with E-state index in [1.165, 1.54) is 10.8 Å². The zero-order chi connectivity index (χ0) is 18.4. The van der Waals surface area contributed by atoms with Crippen LogP contribution in [-0.4, -0.2) is 48.3 Å². The molecule has 0 amide bonds. The van der Waals surface area contributed by atoms with Crippen LogP contribution in [0.3, 0.4) is 0 Å². The number of nitrogens with two attached hydrogens (primary N) is 1. The summed E-state index contributed by atoms with van der Waals surface area (Å²) in [6.45, 7) is 1.02. The monoisotopic (exact) mass is 369 g/mol. The van der Waals surface area contributed by atoms with Crippen molar-refractivity contribution in [1.82, 2.24) is 14.6 Å². The third-order valence-electron chi connectivity index (χ3n) is 4.31. The molecular weight excluding hydrogens is 353 g/mol. The smallest absolute Gasteiger partial charge is 0.390 e. The molecule has 1 aliphatic heterocycles. The molecule has 25 heavy (non-hydrogen) atoms. The van der Waals surface area contributed by atoms with Gasteiger partial charge in [0.25, 0.3) is 0 Å². The Morgan fingerprint density at radius 2 is 2.28 bits per heavy atom. The minimum Gasteiger partial charge on any atom is -0.390 e. The largest absolute Gasteiger partial charge is 0.469 e. The van der Waals surface area contributed by atoms with Crippen molar-refractivity contribution < 1.29 is 28.7 Å². The Balaban J connectivity index is 2.01. The molecule has 3 heterocycles. The second-order valence-electron chi connectivity index (χ2n) is 5.73. The number of nitrogens with zero attached hydrogens (tertiary/aromatic N) is 4. The maximum Gasteiger partial charge on any atom is 0.469 e. The Morgan fingerprint density at radius 1 is 1.56 bits per heavy atom. The number of anilines is 1. The second-order valence-corrected chi connectivity index (χ2v) is 6.97. The summed E-state index contributed by atoms with van der Waals surface area (Å²) in [6.07, 6.45) is -1.07. The summed E-state index contributed by atoms with van der Waals surface area (Å²) in [5, 5.41) is 24.2. The van der Waals surface area contributed by atoms with Gasteiger partial charge in [-0.2, -0.15) is 10.4 Å². The highest BCUT2D eigenvalue weighted by Crippen LogP contribution is 2.46. The maximum atomic E-state index is 10.9. The van der Waals surface area contributed by atoms with Crippen LogP contribution in [0.5, 0.6) is 0 Å². The van der Waals surface area contributed by atoms with Gasteiger partial charge in [-0.15, -0.1) is 0 Å². The number of hydrogen-bond acceptors (Lipinski definition) is 8. The first kappa shape index (κ1) is 17.8. The van der Waals surface area contributed by atoms with Crippen molar-refractivity contribution >= 4 is 19.2 Å². The SMILES string of the molecule is C[C@H]1[C@H](O)[C@@H](COP(=O)(O)O)O[C@@]1(C#N)c1ccc2c(N)ncnn12. The van der Waals surface area contributed by atoms with Gasteiger partial charge in [0, 0.05) is 5.92 Å². The molecule has 0 saturated carbocycles. The topological polar surface area (TPSA) is 176 Å². The number of nitriles is 1. The van der Waals surface area contributed by atoms with E-state index in [4.69, 9.17) is 20.3 Å². The fraction of sp³-hybridized carbons (Fsp3) is 0.462. The van der Waals surface area contributed by atoms with E-state index in [0.29, 0.717) is 11.2 Å². The average molecular weight is 369 g/mol. The summed E-state index contributed by atoms with van der Waals surface area (Å²) in [5.41, 5.74) is 4.97. The summed E-state index contributed by atoms with van der Waals surface area (Å²) < 4.78 is 22.4. The number of fused-ring (bicyclic) bond motifs is 1. The Labute approximate surface area is 141 Å². The lowest BCUT2D eigenvalue weighted by molar-refractivity contribution is -0.0536. The Morgan fingerprint density at radius 3 is 2.92 bits per heavy atom. The minimum atomic E-state index is -4.74. The first-order valence-electron chi connectivity index (χ1n) is 7.25. The predicted octanol–water partition coefficient (Wildman–Crippen LogP) is -0.465. The number of rotatable bonds is 4. The fourth-order valence-electron chi connectivity index (χ4n) is 2.99. The van der Waals surface area contributed by atoms with Gasteiger partial charge in [0.2, 0.25) is 5.60 Å². The van der Waals surface area contributed by atoms with Crippen molar-refractivity contribution in [2.75, 3.05) is 12.3 Å². The summed E-state index contributed by atoms with van der Waals surface area (Å²) in [6, 6.07) is 5.24. The van der Waals surface area contributed by atoms with Crippen LogP contribution in [0.2, 0.25) is 0 Å². The van der Waals surface area contributed by atoms with Crippen LogP contribution in [0.1, 0.15) is 12.6 Å². The van der Waals surface area contributed by atoms with E-state index >= 15 is 0 Å². The molecular formula is C13H16N5O6P. The number of aliphatic hydroxyl groups excluding tert-OH is 1. The lowest BCUT2D eigenvalue weighted by Gasteiger charge is -2.25. The highest BCUT2D eigenvalue weighted by Gasteiger charge is 2.55. The zero-order valence-electron chi connectivity index (χ0n) is 13.1. The van der Waals surface area contributed by atoms with Gasteiger partial charge < -0.3 is 25.4 Å². The number of phosphoric ester groups is 1. The molecule has 0 bridgehead atoms. The zero-order valence-corrected chi connectivity index (χ0v) is 13.9. The van der Waals surface area contributed by atoms with Gasteiger partial charge in [-0.05, 0) is 12.1 Å². The van der Waals surface area contributed by atoms with E-state index in [0.717, 1.165) is 0 Å². The van der Waals surface area contributed by atoms with Crippen LogP contribution in [-0.2, 0) is 19.4 Å². The second kappa shape index (κ2) is 6.03. The van der Waals surface area contributed by atoms with Crippen molar-refractivity contribution in [1.29, 1.82) is 5.26 Å². The molecule has 0 spiro atoms. The average Bonchev–Trinajstić information content (AvgIpc) is 3.08. The normalized spacial score (nSPS) is 29.8. The van der Waals surface area contributed by atoms with E-state index in [-0.39, 0.29) is 5.82 Å². The van der Waals surface area contributed by atoms with Gasteiger partial charge >= 0.3 is 7.82 Å². The van der Waals surface area contributed by atoms with E-state index in [9.17, 15) is 14.9 Å². The summed E-state index contributed by atoms with van der Waals surface area (Å²) in [7, 11) is -4.74. The molecule has 5 N–H and O–H groups in total. The lowest BCUT2D eigenvalue weighted by Crippen LogP contribution is -2.34. The molecule has 134 valence electrons. The standard InChI is InChI=1S/C13H16N5O6P/c1-7-11(19)9(4-23-25(20,21)22)24-13(7,5-14)10-3-2-8-12(15)16-6-17-18(8)10/h2-3,6-7,9,11,19H,4H2,1H3,(H2,15,16,17)(H2,20,21,22)/t7-,9+,11-,13+/m0/s1. The van der Waals surface area contributed by atoms with Crippen LogP contribution >= 0.6 is 7.82 Å². The number of phosphoric acid groups is 1. The number of aromatic nitrogens is 3. The van der Waals surface area contributed by atoms with Crippen LogP contribution in [0.4, 0.5) is 5.82 Å². The fourth-order valence-corrected chi connectivity index (χ4v) is 3.34. The first-order valence-corrected chi connectivity index (χ1v) is 8.78. The van der Waals surface area contributed by atoms with Crippen molar-refractivity contribution in [2.24, 2.45) is 5.92 Å². The summed E-state index contributed by atoms with van der Waals surface area (Å²) in [5.74, 6) is -0.515. The number of aliphatic hydroxyl groups is 1. The molecule has 12 heteroatoms. The maximum absolute atomic E-state index is 10.9. The molecule has 2 aromatic rings. The summed E-state index contributed by atoms with van der Waals surface area (Å²) >= 11 is 0. The Bertz CT molecular complexity index is 891. The van der Waals surface area contributed by atoms with Crippen molar-refractivity contribution in [3.8, 4) is 6.07 Å². The molecule has 1 aliphatic rings. The number of nitrogen functional groups attached to an aromatic ring is 1. The quantitative estimate of drug-likeness (QED) is 0.515. The predicted molar refractivity (Wildman–Crippen MR) is 82.7 cm³/mol. The van der Waals surface area contributed by atoms with Crippen LogP contribution in [0.25, 0.3) is 5.52 Å². The molecule has 4 atom stereocenters. The number of hydrogen-bond donors (Lipinski definition) is 4. The van der Waals surface area contributed by atoms with Crippen molar-refractivity contribution in [3.05, 3.63) is 24.2 Å². The third kappa shape index (κ3) is 2.89. The van der Waals surface area contributed by atoms with E-state index in [1.54, 1.807) is 19.1 Å². The first-order chi connectivity index (χ1) is 11.7. The van der Waals surface area contributed by atoms with Gasteiger partial charge in [0.15, 0.2) is 5.82 Å². The molecule has 2 aromatic heterocycles. The lowest BCUT2D eigenvalue weighted by atomic mass is 9.85. The van der Waals surface area contributed by atoms with E-state index < -0.39 is 38.2 Å². The van der Waals surface area contributed by atoms with Gasteiger partial charge in [0.05, 0.1) is 18.4 Å².